The quantitative estimate of drug-likeness (QED) is 0.785. The van der Waals surface area contributed by atoms with Crippen molar-refractivity contribution in [3.63, 3.8) is 0 Å². The topological polar surface area (TPSA) is 20.3 Å². The molecule has 0 aliphatic rings. The summed E-state index contributed by atoms with van der Waals surface area (Å²) in [5.74, 6) is 0.128. The lowest BCUT2D eigenvalue weighted by molar-refractivity contribution is -0.118. The second-order valence-electron chi connectivity index (χ2n) is 3.98. The largest absolute Gasteiger partial charge is 0.308 e. The molecule has 0 N–H and O–H groups in total. The maximum absolute atomic E-state index is 11.5. The molecular weight excluding hydrogens is 210 g/mol. The second-order valence-corrected chi connectivity index (χ2v) is 4.41. The number of carbonyl (C=O) groups excluding carboxylic acids is 1. The van der Waals surface area contributed by atoms with E-state index in [9.17, 15) is 4.79 Å². The van der Waals surface area contributed by atoms with E-state index in [4.69, 9.17) is 11.6 Å². The highest BCUT2D eigenvalue weighted by molar-refractivity contribution is 6.30. The molecule has 1 aromatic carbocycles. The second kappa shape index (κ2) is 5.29. The molecule has 1 aromatic rings. The van der Waals surface area contributed by atoms with Gasteiger partial charge in [-0.2, -0.15) is 0 Å². The van der Waals surface area contributed by atoms with E-state index in [0.717, 1.165) is 12.1 Å². The van der Waals surface area contributed by atoms with Crippen LogP contribution in [0.2, 0.25) is 5.02 Å². The first-order chi connectivity index (χ1) is 7.00. The minimum Gasteiger partial charge on any atom is -0.308 e. The van der Waals surface area contributed by atoms with E-state index in [0.29, 0.717) is 5.02 Å². The third kappa shape index (κ3) is 3.65. The fraction of sp³-hybridized carbons (Fsp3) is 0.417. The van der Waals surface area contributed by atoms with E-state index >= 15 is 0 Å². The van der Waals surface area contributed by atoms with E-state index in [2.05, 4.69) is 0 Å². The molecule has 0 spiro atoms. The highest BCUT2D eigenvalue weighted by atomic mass is 35.5. The Bertz CT molecular complexity index is 332. The van der Waals surface area contributed by atoms with Gasteiger partial charge in [-0.3, -0.25) is 4.79 Å². The van der Waals surface area contributed by atoms with Gasteiger partial charge in [-0.25, -0.2) is 0 Å². The van der Waals surface area contributed by atoms with Crippen molar-refractivity contribution < 1.29 is 4.79 Å². The van der Waals surface area contributed by atoms with Crippen LogP contribution < -0.4 is 0 Å². The molecular formula is C12H16ClNO. The molecule has 0 amide bonds. The Kier molecular flexibility index (Phi) is 4.30. The van der Waals surface area contributed by atoms with Gasteiger partial charge >= 0.3 is 0 Å². The Hall–Kier alpha value is -0.860. The van der Waals surface area contributed by atoms with Crippen LogP contribution in [0.5, 0.6) is 0 Å². The van der Waals surface area contributed by atoms with Crippen molar-refractivity contribution in [2.45, 2.75) is 12.8 Å². The zero-order chi connectivity index (χ0) is 11.4. The van der Waals surface area contributed by atoms with Crippen LogP contribution in [0.15, 0.2) is 24.3 Å². The summed E-state index contributed by atoms with van der Waals surface area (Å²) in [5, 5.41) is 0.700. The minimum atomic E-state index is -0.0581. The number of nitrogens with zero attached hydrogens (tertiary/aromatic N) is 1. The first kappa shape index (κ1) is 12.2. The molecule has 15 heavy (non-hydrogen) atoms. The first-order valence-corrected chi connectivity index (χ1v) is 5.29. The molecule has 82 valence electrons. The van der Waals surface area contributed by atoms with Gasteiger partial charge in [-0.05, 0) is 38.7 Å². The number of rotatable bonds is 4. The molecule has 0 fully saturated rings. The fourth-order valence-corrected chi connectivity index (χ4v) is 1.65. The van der Waals surface area contributed by atoms with Gasteiger partial charge < -0.3 is 4.90 Å². The number of ketones is 1. The SMILES string of the molecule is CC(=O)[C@H](CN(C)C)c1ccc(Cl)cc1. The smallest absolute Gasteiger partial charge is 0.138 e. The van der Waals surface area contributed by atoms with Gasteiger partial charge in [0.25, 0.3) is 0 Å². The number of hydrogen-bond acceptors (Lipinski definition) is 2. The highest BCUT2D eigenvalue weighted by Crippen LogP contribution is 2.20. The van der Waals surface area contributed by atoms with Gasteiger partial charge in [0, 0.05) is 11.6 Å². The average molecular weight is 226 g/mol. The summed E-state index contributed by atoms with van der Waals surface area (Å²) in [7, 11) is 3.93. The fourth-order valence-electron chi connectivity index (χ4n) is 1.53. The van der Waals surface area contributed by atoms with E-state index in [-0.39, 0.29) is 11.7 Å². The van der Waals surface area contributed by atoms with Crippen molar-refractivity contribution in [1.82, 2.24) is 4.90 Å². The number of hydrogen-bond donors (Lipinski definition) is 0. The number of benzene rings is 1. The van der Waals surface area contributed by atoms with Crippen molar-refractivity contribution in [2.75, 3.05) is 20.6 Å². The predicted molar refractivity (Wildman–Crippen MR) is 63.4 cm³/mol. The van der Waals surface area contributed by atoms with Crippen molar-refractivity contribution >= 4 is 17.4 Å². The summed E-state index contributed by atoms with van der Waals surface area (Å²) in [6, 6.07) is 7.47. The van der Waals surface area contributed by atoms with Crippen LogP contribution >= 0.6 is 11.6 Å². The molecule has 0 aliphatic heterocycles. The third-order valence-corrected chi connectivity index (χ3v) is 2.56. The highest BCUT2D eigenvalue weighted by Gasteiger charge is 2.17. The molecule has 0 aromatic heterocycles. The standard InChI is InChI=1S/C12H16ClNO/c1-9(15)12(8-14(2)3)10-4-6-11(13)7-5-10/h4-7,12H,8H2,1-3H3/t12-/m0/s1. The summed E-state index contributed by atoms with van der Waals surface area (Å²) < 4.78 is 0. The van der Waals surface area contributed by atoms with Crippen molar-refractivity contribution in [3.8, 4) is 0 Å². The Labute approximate surface area is 95.8 Å². The molecule has 0 radical (unpaired) electrons. The van der Waals surface area contributed by atoms with Crippen LogP contribution in [0.4, 0.5) is 0 Å². The third-order valence-electron chi connectivity index (χ3n) is 2.31. The normalized spacial score (nSPS) is 12.9. The molecule has 1 atom stereocenters. The molecule has 1 rings (SSSR count). The monoisotopic (exact) mass is 225 g/mol. The van der Waals surface area contributed by atoms with Crippen LogP contribution in [-0.4, -0.2) is 31.3 Å². The van der Waals surface area contributed by atoms with Gasteiger partial charge in [-0.15, -0.1) is 0 Å². The number of carbonyl (C=O) groups is 1. The zero-order valence-electron chi connectivity index (χ0n) is 9.33. The molecule has 0 aliphatic carbocycles. The number of Topliss-reactive ketones (excluding diaryl/α,β-unsaturated/α-hetero) is 1. The molecule has 0 saturated heterocycles. The molecule has 0 bridgehead atoms. The van der Waals surface area contributed by atoms with Gasteiger partial charge in [-0.1, -0.05) is 23.7 Å². The molecule has 0 unspecified atom stereocenters. The van der Waals surface area contributed by atoms with Crippen LogP contribution in [0.3, 0.4) is 0 Å². The summed E-state index contributed by atoms with van der Waals surface area (Å²) >= 11 is 5.81. The van der Waals surface area contributed by atoms with E-state index in [1.807, 2.05) is 43.3 Å². The Morgan fingerprint density at radius 2 is 1.87 bits per heavy atom. The molecule has 0 heterocycles. The molecule has 0 saturated carbocycles. The Morgan fingerprint density at radius 3 is 2.27 bits per heavy atom. The molecule has 2 nitrogen and oxygen atoms in total. The van der Waals surface area contributed by atoms with Crippen molar-refractivity contribution in [2.24, 2.45) is 0 Å². The van der Waals surface area contributed by atoms with Gasteiger partial charge in [0.15, 0.2) is 0 Å². The summed E-state index contributed by atoms with van der Waals surface area (Å²) in [4.78, 5) is 13.5. The van der Waals surface area contributed by atoms with Crippen LogP contribution in [0.25, 0.3) is 0 Å². The Balaban J connectivity index is 2.89. The van der Waals surface area contributed by atoms with Crippen molar-refractivity contribution in [1.29, 1.82) is 0 Å². The van der Waals surface area contributed by atoms with Gasteiger partial charge in [0.1, 0.15) is 5.78 Å². The summed E-state index contributed by atoms with van der Waals surface area (Å²) in [5.41, 5.74) is 1.03. The number of likely N-dealkylation sites (N-methyl/N-ethyl adjacent to an activating group) is 1. The van der Waals surface area contributed by atoms with Crippen molar-refractivity contribution in [3.05, 3.63) is 34.9 Å². The number of halogens is 1. The maximum atomic E-state index is 11.5. The van der Waals surface area contributed by atoms with Gasteiger partial charge in [0.05, 0.1) is 5.92 Å². The summed E-state index contributed by atoms with van der Waals surface area (Å²) in [6.45, 7) is 2.36. The van der Waals surface area contributed by atoms with E-state index in [1.165, 1.54) is 0 Å². The maximum Gasteiger partial charge on any atom is 0.138 e. The van der Waals surface area contributed by atoms with E-state index < -0.39 is 0 Å². The Morgan fingerprint density at radius 1 is 1.33 bits per heavy atom. The summed E-state index contributed by atoms with van der Waals surface area (Å²) in [6.07, 6.45) is 0. The van der Waals surface area contributed by atoms with Crippen LogP contribution in [-0.2, 0) is 4.79 Å². The minimum absolute atomic E-state index is 0.0581. The average Bonchev–Trinajstić information content (AvgIpc) is 2.15. The zero-order valence-corrected chi connectivity index (χ0v) is 10.1. The molecule has 3 heteroatoms. The first-order valence-electron chi connectivity index (χ1n) is 4.91. The lowest BCUT2D eigenvalue weighted by Crippen LogP contribution is -2.24. The van der Waals surface area contributed by atoms with Crippen LogP contribution in [0, 0.1) is 0 Å². The lowest BCUT2D eigenvalue weighted by Gasteiger charge is -2.18. The lowest BCUT2D eigenvalue weighted by atomic mass is 9.95. The van der Waals surface area contributed by atoms with Crippen LogP contribution in [0.1, 0.15) is 18.4 Å². The predicted octanol–water partition coefficient (Wildman–Crippen LogP) is 2.57. The van der Waals surface area contributed by atoms with E-state index in [1.54, 1.807) is 6.92 Å². The van der Waals surface area contributed by atoms with Gasteiger partial charge in [0.2, 0.25) is 0 Å².